The molecule has 0 bridgehead atoms. The minimum atomic E-state index is -0.275. The Kier molecular flexibility index (Phi) is 4.35. The minimum absolute atomic E-state index is 0.208. The highest BCUT2D eigenvalue weighted by Crippen LogP contribution is 2.14. The average molecular weight is 200 g/mol. The molecule has 1 saturated heterocycles. The van der Waals surface area contributed by atoms with Gasteiger partial charge in [-0.25, -0.2) is 0 Å². The first-order valence-electron chi connectivity index (χ1n) is 5.22. The number of nitrogens with two attached hydrogens (primary N) is 1. The lowest BCUT2D eigenvalue weighted by atomic mass is 10.1. The molecule has 0 aromatic carbocycles. The number of carbonyl (C=O) groups excluding carboxylic acids is 1. The van der Waals surface area contributed by atoms with E-state index in [4.69, 9.17) is 10.5 Å². The molecule has 1 heterocycles. The first-order chi connectivity index (χ1) is 6.61. The third-order valence-electron chi connectivity index (χ3n) is 2.84. The van der Waals surface area contributed by atoms with E-state index in [9.17, 15) is 4.79 Å². The third-order valence-corrected chi connectivity index (χ3v) is 2.84. The summed E-state index contributed by atoms with van der Waals surface area (Å²) in [6.45, 7) is 3.47. The molecule has 1 aliphatic rings. The van der Waals surface area contributed by atoms with Crippen molar-refractivity contribution in [2.45, 2.75) is 38.3 Å². The van der Waals surface area contributed by atoms with E-state index in [0.29, 0.717) is 0 Å². The molecule has 0 spiro atoms. The van der Waals surface area contributed by atoms with Crippen molar-refractivity contribution >= 4 is 5.91 Å². The van der Waals surface area contributed by atoms with Crippen LogP contribution in [-0.4, -0.2) is 43.2 Å². The van der Waals surface area contributed by atoms with E-state index in [1.54, 1.807) is 0 Å². The lowest BCUT2D eigenvalue weighted by molar-refractivity contribution is -0.123. The Morgan fingerprint density at radius 1 is 1.64 bits per heavy atom. The lowest BCUT2D eigenvalue weighted by Gasteiger charge is -2.29. The van der Waals surface area contributed by atoms with Gasteiger partial charge in [-0.05, 0) is 33.2 Å². The van der Waals surface area contributed by atoms with E-state index in [1.807, 2.05) is 18.9 Å². The highest BCUT2D eigenvalue weighted by atomic mass is 16.5. The first-order valence-corrected chi connectivity index (χ1v) is 5.22. The predicted octanol–water partition coefficient (Wildman–Crippen LogP) is 0.361. The van der Waals surface area contributed by atoms with Crippen LogP contribution in [0.3, 0.4) is 0 Å². The van der Waals surface area contributed by atoms with Gasteiger partial charge in [0.15, 0.2) is 0 Å². The molecule has 1 rings (SSSR count). The Balaban J connectivity index is 2.31. The van der Waals surface area contributed by atoms with Crippen LogP contribution in [0.25, 0.3) is 0 Å². The predicted molar refractivity (Wildman–Crippen MR) is 54.9 cm³/mol. The van der Waals surface area contributed by atoms with E-state index >= 15 is 0 Å². The topological polar surface area (TPSA) is 55.6 Å². The van der Waals surface area contributed by atoms with Crippen molar-refractivity contribution in [3.8, 4) is 0 Å². The van der Waals surface area contributed by atoms with E-state index in [0.717, 1.165) is 26.0 Å². The van der Waals surface area contributed by atoms with Crippen molar-refractivity contribution in [1.82, 2.24) is 4.90 Å². The molecule has 1 fully saturated rings. The molecular formula is C10H20N2O2. The van der Waals surface area contributed by atoms with Crippen LogP contribution >= 0.6 is 0 Å². The van der Waals surface area contributed by atoms with Gasteiger partial charge < -0.3 is 10.5 Å². The summed E-state index contributed by atoms with van der Waals surface area (Å²) in [5.74, 6) is -0.275. The Morgan fingerprint density at radius 3 is 2.86 bits per heavy atom. The summed E-state index contributed by atoms with van der Waals surface area (Å²) < 4.78 is 5.58. The van der Waals surface area contributed by atoms with Crippen molar-refractivity contribution in [2.75, 3.05) is 20.2 Å². The molecule has 0 aliphatic carbocycles. The van der Waals surface area contributed by atoms with Crippen LogP contribution in [0, 0.1) is 0 Å². The maximum atomic E-state index is 10.9. The first kappa shape index (κ1) is 11.5. The summed E-state index contributed by atoms with van der Waals surface area (Å²) in [7, 11) is 1.91. The molecular weight excluding hydrogens is 180 g/mol. The lowest BCUT2D eigenvalue weighted by Crippen LogP contribution is -2.44. The molecule has 0 radical (unpaired) electrons. The molecule has 4 nitrogen and oxygen atoms in total. The number of rotatable bonds is 4. The average Bonchev–Trinajstić information content (AvgIpc) is 2.18. The van der Waals surface area contributed by atoms with Gasteiger partial charge in [-0.15, -0.1) is 0 Å². The van der Waals surface area contributed by atoms with E-state index < -0.39 is 0 Å². The van der Waals surface area contributed by atoms with Crippen LogP contribution in [0.15, 0.2) is 0 Å². The monoisotopic (exact) mass is 200 g/mol. The van der Waals surface area contributed by atoms with Gasteiger partial charge in [0.2, 0.25) is 5.91 Å². The minimum Gasteiger partial charge on any atom is -0.377 e. The van der Waals surface area contributed by atoms with Gasteiger partial charge in [0, 0.05) is 13.2 Å². The second kappa shape index (κ2) is 5.32. The second-order valence-corrected chi connectivity index (χ2v) is 4.01. The van der Waals surface area contributed by atoms with Gasteiger partial charge in [-0.2, -0.15) is 0 Å². The summed E-state index contributed by atoms with van der Waals surface area (Å²) in [5.41, 5.74) is 5.22. The number of hydrogen-bond donors (Lipinski definition) is 1. The summed E-state index contributed by atoms with van der Waals surface area (Å²) in [5, 5.41) is 0. The van der Waals surface area contributed by atoms with Gasteiger partial charge in [0.05, 0.1) is 12.1 Å². The van der Waals surface area contributed by atoms with Gasteiger partial charge in [0.1, 0.15) is 0 Å². The smallest absolute Gasteiger partial charge is 0.234 e. The Bertz CT molecular complexity index is 191. The number of carbonyl (C=O) groups is 1. The molecule has 14 heavy (non-hydrogen) atoms. The Hall–Kier alpha value is -0.610. The van der Waals surface area contributed by atoms with Crippen molar-refractivity contribution in [3.63, 3.8) is 0 Å². The molecule has 4 heteroatoms. The molecule has 2 atom stereocenters. The van der Waals surface area contributed by atoms with Crippen LogP contribution in [0.2, 0.25) is 0 Å². The molecule has 0 saturated carbocycles. The number of ether oxygens (including phenoxy) is 1. The number of hydrogen-bond acceptors (Lipinski definition) is 3. The molecule has 0 aromatic rings. The summed E-state index contributed by atoms with van der Waals surface area (Å²) in [6, 6.07) is -0.208. The molecule has 2 unspecified atom stereocenters. The van der Waals surface area contributed by atoms with E-state index in [1.165, 1.54) is 6.42 Å². The fourth-order valence-electron chi connectivity index (χ4n) is 1.65. The number of likely N-dealkylation sites (N-methyl/N-ethyl adjacent to an activating group) is 1. The summed E-state index contributed by atoms with van der Waals surface area (Å²) in [4.78, 5) is 12.9. The van der Waals surface area contributed by atoms with Gasteiger partial charge >= 0.3 is 0 Å². The van der Waals surface area contributed by atoms with Crippen LogP contribution in [0.5, 0.6) is 0 Å². The largest absolute Gasteiger partial charge is 0.377 e. The molecule has 0 aromatic heterocycles. The molecule has 82 valence electrons. The van der Waals surface area contributed by atoms with Crippen molar-refractivity contribution in [1.29, 1.82) is 0 Å². The van der Waals surface area contributed by atoms with Crippen LogP contribution in [-0.2, 0) is 9.53 Å². The standard InChI is InChI=1S/C10H20N2O2/c1-8(10(11)13)12(2)7-9-5-3-4-6-14-9/h8-9H,3-7H2,1-2H3,(H2,11,13). The highest BCUT2D eigenvalue weighted by molar-refractivity contribution is 5.79. The Morgan fingerprint density at radius 2 is 2.36 bits per heavy atom. The fourth-order valence-corrected chi connectivity index (χ4v) is 1.65. The van der Waals surface area contributed by atoms with Crippen LogP contribution in [0.1, 0.15) is 26.2 Å². The van der Waals surface area contributed by atoms with Gasteiger partial charge in [0.25, 0.3) is 0 Å². The summed E-state index contributed by atoms with van der Waals surface area (Å²) in [6.07, 6.45) is 3.75. The highest BCUT2D eigenvalue weighted by Gasteiger charge is 2.20. The quantitative estimate of drug-likeness (QED) is 0.713. The molecule has 1 amide bonds. The fraction of sp³-hybridized carbons (Fsp3) is 0.900. The van der Waals surface area contributed by atoms with Crippen LogP contribution in [0.4, 0.5) is 0 Å². The second-order valence-electron chi connectivity index (χ2n) is 4.01. The number of amides is 1. The number of primary amides is 1. The SMILES string of the molecule is CC(C(N)=O)N(C)CC1CCCCO1. The van der Waals surface area contributed by atoms with Crippen molar-refractivity contribution in [2.24, 2.45) is 5.73 Å². The van der Waals surface area contributed by atoms with Gasteiger partial charge in [-0.1, -0.05) is 0 Å². The van der Waals surface area contributed by atoms with Crippen LogP contribution < -0.4 is 5.73 Å². The number of nitrogens with zero attached hydrogens (tertiary/aromatic N) is 1. The van der Waals surface area contributed by atoms with E-state index in [2.05, 4.69) is 0 Å². The zero-order valence-electron chi connectivity index (χ0n) is 9.03. The van der Waals surface area contributed by atoms with Crippen molar-refractivity contribution < 1.29 is 9.53 Å². The zero-order valence-corrected chi connectivity index (χ0v) is 9.03. The maximum absolute atomic E-state index is 10.9. The van der Waals surface area contributed by atoms with E-state index in [-0.39, 0.29) is 18.1 Å². The normalized spacial score (nSPS) is 24.9. The van der Waals surface area contributed by atoms with Crippen molar-refractivity contribution in [3.05, 3.63) is 0 Å². The molecule has 1 aliphatic heterocycles. The summed E-state index contributed by atoms with van der Waals surface area (Å²) >= 11 is 0. The van der Waals surface area contributed by atoms with Gasteiger partial charge in [-0.3, -0.25) is 9.69 Å². The third kappa shape index (κ3) is 3.27. The maximum Gasteiger partial charge on any atom is 0.234 e. The zero-order chi connectivity index (χ0) is 10.6. The Labute approximate surface area is 85.4 Å². The molecule has 2 N–H and O–H groups in total.